The van der Waals surface area contributed by atoms with Gasteiger partial charge < -0.3 is 9.80 Å². The van der Waals surface area contributed by atoms with E-state index in [4.69, 9.17) is 4.99 Å². The number of hydrogen-bond donors (Lipinski definition) is 0. The molecule has 1 aromatic carbocycles. The van der Waals surface area contributed by atoms with Crippen LogP contribution in [0.3, 0.4) is 0 Å². The molecule has 0 aromatic heterocycles. The molecular weight excluding hydrogens is 290 g/mol. The minimum absolute atomic E-state index is 0.436. The topological polar surface area (TPSA) is 18.8 Å². The molecule has 98 valence electrons. The molecule has 0 saturated heterocycles. The van der Waals surface area contributed by atoms with E-state index < -0.39 is 0 Å². The van der Waals surface area contributed by atoms with Gasteiger partial charge >= 0.3 is 0 Å². The third-order valence-corrected chi connectivity index (χ3v) is 3.66. The molecule has 1 fully saturated rings. The van der Waals surface area contributed by atoms with Crippen LogP contribution in [0.15, 0.2) is 33.7 Å². The summed E-state index contributed by atoms with van der Waals surface area (Å²) in [5.41, 5.74) is 1.39. The Bertz CT molecular complexity index is 427. The van der Waals surface area contributed by atoms with Crippen LogP contribution in [-0.4, -0.2) is 50.0 Å². The normalized spacial score (nSPS) is 21.4. The van der Waals surface area contributed by atoms with Gasteiger partial charge in [-0.15, -0.1) is 0 Å². The highest BCUT2D eigenvalue weighted by atomic mass is 79.9. The van der Waals surface area contributed by atoms with Gasteiger partial charge in [0.05, 0.1) is 6.04 Å². The van der Waals surface area contributed by atoms with Crippen LogP contribution < -0.4 is 0 Å². The molecule has 2 atom stereocenters. The van der Waals surface area contributed by atoms with E-state index in [1.165, 1.54) is 5.56 Å². The molecule has 3 nitrogen and oxygen atoms in total. The molecular formula is C14H20BrN3. The minimum atomic E-state index is 0.436. The first-order valence-electron chi connectivity index (χ1n) is 6.17. The van der Waals surface area contributed by atoms with Crippen LogP contribution in [0, 0.1) is 0 Å². The van der Waals surface area contributed by atoms with Gasteiger partial charge in [0.2, 0.25) is 0 Å². The van der Waals surface area contributed by atoms with Gasteiger partial charge in [0.15, 0.2) is 5.96 Å². The van der Waals surface area contributed by atoms with Crippen molar-refractivity contribution in [3.63, 3.8) is 0 Å². The highest BCUT2D eigenvalue weighted by Crippen LogP contribution is 2.43. The molecule has 1 aliphatic rings. The number of guanidine groups is 1. The summed E-state index contributed by atoms with van der Waals surface area (Å²) in [7, 11) is 8.15. The largest absolute Gasteiger partial charge is 0.349 e. The van der Waals surface area contributed by atoms with Crippen molar-refractivity contribution in [2.75, 3.05) is 28.2 Å². The Balaban J connectivity index is 2.07. The number of halogens is 1. The maximum Gasteiger partial charge on any atom is 0.195 e. The molecule has 4 heteroatoms. The summed E-state index contributed by atoms with van der Waals surface area (Å²) in [6, 6.07) is 9.02. The lowest BCUT2D eigenvalue weighted by atomic mass is 10.1. The van der Waals surface area contributed by atoms with Crippen molar-refractivity contribution < 1.29 is 0 Å². The molecule has 1 saturated carbocycles. The summed E-state index contributed by atoms with van der Waals surface area (Å²) in [6.07, 6.45) is 1.16. The summed E-state index contributed by atoms with van der Waals surface area (Å²) in [5.74, 6) is 1.63. The van der Waals surface area contributed by atoms with E-state index in [0.717, 1.165) is 16.9 Å². The number of hydrogen-bond acceptors (Lipinski definition) is 1. The van der Waals surface area contributed by atoms with E-state index in [-0.39, 0.29) is 0 Å². The standard InChI is InChI=1S/C14H20BrN3/c1-17(2)14(18(3)4)16-13-9-12(13)10-5-7-11(15)8-6-10/h5-8,12-13H,9H2,1-4H3/t12-,13+/m1/s1. The van der Waals surface area contributed by atoms with Crippen molar-refractivity contribution in [1.29, 1.82) is 0 Å². The molecule has 1 aromatic rings. The highest BCUT2D eigenvalue weighted by molar-refractivity contribution is 9.10. The molecule has 0 heterocycles. The number of rotatable bonds is 2. The zero-order chi connectivity index (χ0) is 13.3. The Morgan fingerprint density at radius 1 is 1.11 bits per heavy atom. The van der Waals surface area contributed by atoms with E-state index in [2.05, 4.69) is 50.0 Å². The number of benzene rings is 1. The second kappa shape index (κ2) is 5.31. The first-order chi connectivity index (χ1) is 8.49. The van der Waals surface area contributed by atoms with Crippen molar-refractivity contribution in [2.24, 2.45) is 4.99 Å². The van der Waals surface area contributed by atoms with Crippen LogP contribution in [0.2, 0.25) is 0 Å². The summed E-state index contributed by atoms with van der Waals surface area (Å²) < 4.78 is 1.13. The van der Waals surface area contributed by atoms with Gasteiger partial charge in [0.1, 0.15) is 0 Å². The van der Waals surface area contributed by atoms with E-state index in [1.807, 2.05) is 28.2 Å². The van der Waals surface area contributed by atoms with Crippen LogP contribution in [-0.2, 0) is 0 Å². The predicted molar refractivity (Wildman–Crippen MR) is 80.1 cm³/mol. The van der Waals surface area contributed by atoms with Gasteiger partial charge in [0, 0.05) is 38.6 Å². The predicted octanol–water partition coefficient (Wildman–Crippen LogP) is 2.78. The SMILES string of the molecule is CN(C)C(=N[C@H]1C[C@@H]1c1ccc(Br)cc1)N(C)C. The van der Waals surface area contributed by atoms with Gasteiger partial charge in [-0.3, -0.25) is 0 Å². The summed E-state index contributed by atoms with van der Waals surface area (Å²) in [4.78, 5) is 8.96. The summed E-state index contributed by atoms with van der Waals surface area (Å²) in [6.45, 7) is 0. The Hall–Kier alpha value is -1.03. The van der Waals surface area contributed by atoms with Gasteiger partial charge in [-0.25, -0.2) is 4.99 Å². The molecule has 0 spiro atoms. The molecule has 0 bridgehead atoms. The monoisotopic (exact) mass is 309 g/mol. The number of nitrogens with zero attached hydrogens (tertiary/aromatic N) is 3. The second-order valence-corrected chi connectivity index (χ2v) is 6.09. The summed E-state index contributed by atoms with van der Waals surface area (Å²) in [5, 5.41) is 0. The zero-order valence-corrected chi connectivity index (χ0v) is 13.0. The maximum absolute atomic E-state index is 4.82. The van der Waals surface area contributed by atoms with Crippen LogP contribution in [0.25, 0.3) is 0 Å². The summed E-state index contributed by atoms with van der Waals surface area (Å²) >= 11 is 3.47. The lowest BCUT2D eigenvalue weighted by molar-refractivity contribution is 0.479. The van der Waals surface area contributed by atoms with Crippen LogP contribution in [0.4, 0.5) is 0 Å². The van der Waals surface area contributed by atoms with Gasteiger partial charge in [0.25, 0.3) is 0 Å². The Kier molecular flexibility index (Phi) is 3.95. The van der Waals surface area contributed by atoms with E-state index in [9.17, 15) is 0 Å². The smallest absolute Gasteiger partial charge is 0.195 e. The maximum atomic E-state index is 4.82. The molecule has 0 aliphatic heterocycles. The fourth-order valence-electron chi connectivity index (χ4n) is 2.17. The Morgan fingerprint density at radius 3 is 2.17 bits per heavy atom. The van der Waals surface area contributed by atoms with Gasteiger partial charge in [-0.2, -0.15) is 0 Å². The molecule has 2 rings (SSSR count). The van der Waals surface area contributed by atoms with Crippen LogP contribution in [0.1, 0.15) is 17.9 Å². The first kappa shape index (κ1) is 13.4. The lowest BCUT2D eigenvalue weighted by Gasteiger charge is -2.22. The lowest BCUT2D eigenvalue weighted by Crippen LogP contribution is -2.35. The van der Waals surface area contributed by atoms with Crippen molar-refractivity contribution in [1.82, 2.24) is 9.80 Å². The minimum Gasteiger partial charge on any atom is -0.349 e. The first-order valence-corrected chi connectivity index (χ1v) is 6.96. The van der Waals surface area contributed by atoms with Crippen molar-refractivity contribution >= 4 is 21.9 Å². The molecule has 18 heavy (non-hydrogen) atoms. The molecule has 1 aliphatic carbocycles. The van der Waals surface area contributed by atoms with Crippen molar-refractivity contribution in [2.45, 2.75) is 18.4 Å². The second-order valence-electron chi connectivity index (χ2n) is 5.18. The van der Waals surface area contributed by atoms with Crippen LogP contribution in [0.5, 0.6) is 0 Å². The van der Waals surface area contributed by atoms with Crippen LogP contribution >= 0.6 is 15.9 Å². The third-order valence-electron chi connectivity index (χ3n) is 3.14. The average Bonchev–Trinajstić information content (AvgIpc) is 3.05. The molecule has 0 unspecified atom stereocenters. The quantitative estimate of drug-likeness (QED) is 0.618. The molecule has 0 N–H and O–H groups in total. The molecule has 0 radical (unpaired) electrons. The Morgan fingerprint density at radius 2 is 1.67 bits per heavy atom. The fraction of sp³-hybridized carbons (Fsp3) is 0.500. The van der Waals surface area contributed by atoms with E-state index in [0.29, 0.717) is 12.0 Å². The molecule has 0 amide bonds. The third kappa shape index (κ3) is 3.05. The Labute approximate surface area is 118 Å². The van der Waals surface area contributed by atoms with E-state index >= 15 is 0 Å². The van der Waals surface area contributed by atoms with Gasteiger partial charge in [-0.05, 0) is 24.1 Å². The van der Waals surface area contributed by atoms with E-state index in [1.54, 1.807) is 0 Å². The van der Waals surface area contributed by atoms with Crippen molar-refractivity contribution in [3.8, 4) is 0 Å². The van der Waals surface area contributed by atoms with Gasteiger partial charge in [-0.1, -0.05) is 28.1 Å². The highest BCUT2D eigenvalue weighted by Gasteiger charge is 2.38. The number of aliphatic imine (C=N–C) groups is 1. The average molecular weight is 310 g/mol. The zero-order valence-electron chi connectivity index (χ0n) is 11.4. The van der Waals surface area contributed by atoms with Crippen molar-refractivity contribution in [3.05, 3.63) is 34.3 Å². The fourth-order valence-corrected chi connectivity index (χ4v) is 2.44.